The van der Waals surface area contributed by atoms with Gasteiger partial charge >= 0.3 is 0 Å². The number of piperidine rings is 1. The Balaban J connectivity index is 1.60. The summed E-state index contributed by atoms with van der Waals surface area (Å²) in [5.41, 5.74) is 7.20. The van der Waals surface area contributed by atoms with Gasteiger partial charge in [-0.15, -0.1) is 0 Å². The number of nitrogens with one attached hydrogen (secondary N) is 1. The van der Waals surface area contributed by atoms with Crippen LogP contribution in [0.3, 0.4) is 0 Å². The molecule has 20 heavy (non-hydrogen) atoms. The molecule has 1 aromatic carbocycles. The number of hydrazone groups is 1. The van der Waals surface area contributed by atoms with E-state index in [1.54, 1.807) is 0 Å². The highest BCUT2D eigenvalue weighted by Gasteiger charge is 2.22. The van der Waals surface area contributed by atoms with Gasteiger partial charge in [0.25, 0.3) is 0 Å². The molecule has 3 nitrogen and oxygen atoms in total. The average molecular weight is 271 g/mol. The Morgan fingerprint density at radius 1 is 1.25 bits per heavy atom. The van der Waals surface area contributed by atoms with E-state index in [0.717, 1.165) is 18.9 Å². The van der Waals surface area contributed by atoms with Crippen molar-refractivity contribution in [1.82, 2.24) is 10.3 Å². The topological polar surface area (TPSA) is 27.6 Å². The van der Waals surface area contributed by atoms with Gasteiger partial charge in [0.1, 0.15) is 0 Å². The van der Waals surface area contributed by atoms with Crippen LogP contribution in [0.25, 0.3) is 0 Å². The summed E-state index contributed by atoms with van der Waals surface area (Å²) in [5.74, 6) is 0.801. The summed E-state index contributed by atoms with van der Waals surface area (Å²) < 4.78 is 0. The van der Waals surface area contributed by atoms with E-state index in [9.17, 15) is 0 Å². The molecule has 3 heteroatoms. The summed E-state index contributed by atoms with van der Waals surface area (Å²) in [6.45, 7) is 6.93. The van der Waals surface area contributed by atoms with Crippen molar-refractivity contribution in [2.24, 2.45) is 11.0 Å². The molecular formula is C17H25N3. The predicted octanol–water partition coefficient (Wildman–Crippen LogP) is 3.01. The van der Waals surface area contributed by atoms with Crippen molar-refractivity contribution in [1.29, 1.82) is 0 Å². The minimum atomic E-state index is 0.801. The van der Waals surface area contributed by atoms with Gasteiger partial charge in [-0.1, -0.05) is 31.2 Å². The molecule has 0 radical (unpaired) electrons. The van der Waals surface area contributed by atoms with Crippen LogP contribution in [0.2, 0.25) is 0 Å². The van der Waals surface area contributed by atoms with Crippen molar-refractivity contribution in [2.45, 2.75) is 39.2 Å². The quantitative estimate of drug-likeness (QED) is 0.911. The molecule has 0 spiro atoms. The SMILES string of the molecule is CCCN1CCC(CC2=NNCc3ccccc32)CC1. The van der Waals surface area contributed by atoms with Crippen molar-refractivity contribution in [3.8, 4) is 0 Å². The molecule has 1 N–H and O–H groups in total. The molecule has 1 fully saturated rings. The third kappa shape index (κ3) is 3.04. The van der Waals surface area contributed by atoms with Crippen LogP contribution in [-0.2, 0) is 6.54 Å². The van der Waals surface area contributed by atoms with E-state index >= 15 is 0 Å². The van der Waals surface area contributed by atoms with Gasteiger partial charge in [0, 0.05) is 5.56 Å². The second-order valence-corrected chi connectivity index (χ2v) is 6.04. The van der Waals surface area contributed by atoms with Gasteiger partial charge in [-0.05, 0) is 56.8 Å². The van der Waals surface area contributed by atoms with Crippen molar-refractivity contribution < 1.29 is 0 Å². The van der Waals surface area contributed by atoms with E-state index in [1.165, 1.54) is 55.7 Å². The Kier molecular flexibility index (Phi) is 4.36. The Hall–Kier alpha value is -1.35. The van der Waals surface area contributed by atoms with Crippen LogP contribution in [0.1, 0.15) is 43.7 Å². The highest BCUT2D eigenvalue weighted by Crippen LogP contribution is 2.25. The summed E-state index contributed by atoms with van der Waals surface area (Å²) in [6.07, 6.45) is 5.04. The number of hydrogen-bond donors (Lipinski definition) is 1. The maximum absolute atomic E-state index is 4.57. The zero-order valence-corrected chi connectivity index (χ0v) is 12.4. The zero-order chi connectivity index (χ0) is 13.8. The Bertz CT molecular complexity index is 473. The van der Waals surface area contributed by atoms with Gasteiger partial charge in [0.05, 0.1) is 12.3 Å². The Morgan fingerprint density at radius 3 is 2.85 bits per heavy atom. The van der Waals surface area contributed by atoms with Crippen LogP contribution in [-0.4, -0.2) is 30.2 Å². The van der Waals surface area contributed by atoms with Gasteiger partial charge in [0.15, 0.2) is 0 Å². The van der Waals surface area contributed by atoms with Crippen molar-refractivity contribution >= 4 is 5.71 Å². The maximum Gasteiger partial charge on any atom is 0.0681 e. The van der Waals surface area contributed by atoms with E-state index < -0.39 is 0 Å². The van der Waals surface area contributed by atoms with Crippen molar-refractivity contribution in [3.63, 3.8) is 0 Å². The first-order chi connectivity index (χ1) is 9.86. The van der Waals surface area contributed by atoms with Gasteiger partial charge in [0.2, 0.25) is 0 Å². The molecule has 1 saturated heterocycles. The summed E-state index contributed by atoms with van der Waals surface area (Å²) in [7, 11) is 0. The summed E-state index contributed by atoms with van der Waals surface area (Å²) in [6, 6.07) is 8.68. The number of hydrogen-bond acceptors (Lipinski definition) is 3. The van der Waals surface area contributed by atoms with Crippen LogP contribution in [0.5, 0.6) is 0 Å². The molecule has 1 aromatic rings. The lowest BCUT2D eigenvalue weighted by Gasteiger charge is -2.32. The predicted molar refractivity (Wildman–Crippen MR) is 83.9 cm³/mol. The minimum absolute atomic E-state index is 0.801. The van der Waals surface area contributed by atoms with Crippen LogP contribution in [0.15, 0.2) is 29.4 Å². The van der Waals surface area contributed by atoms with Crippen molar-refractivity contribution in [2.75, 3.05) is 19.6 Å². The molecule has 108 valence electrons. The lowest BCUT2D eigenvalue weighted by Crippen LogP contribution is -2.35. The van der Waals surface area contributed by atoms with Crippen LogP contribution < -0.4 is 5.43 Å². The number of likely N-dealkylation sites (tertiary alicyclic amines) is 1. The average Bonchev–Trinajstić information content (AvgIpc) is 2.50. The molecule has 2 aliphatic heterocycles. The second kappa shape index (κ2) is 6.40. The third-order valence-corrected chi connectivity index (χ3v) is 4.54. The third-order valence-electron chi connectivity index (χ3n) is 4.54. The number of fused-ring (bicyclic) bond motifs is 1. The molecule has 0 aromatic heterocycles. The molecule has 3 rings (SSSR count). The Morgan fingerprint density at radius 2 is 2.05 bits per heavy atom. The van der Waals surface area contributed by atoms with E-state index in [2.05, 4.69) is 46.6 Å². The summed E-state index contributed by atoms with van der Waals surface area (Å²) in [5, 5.41) is 4.57. The van der Waals surface area contributed by atoms with Crippen LogP contribution in [0, 0.1) is 5.92 Å². The summed E-state index contributed by atoms with van der Waals surface area (Å²) in [4.78, 5) is 2.60. The van der Waals surface area contributed by atoms with Crippen molar-refractivity contribution in [3.05, 3.63) is 35.4 Å². The normalized spacial score (nSPS) is 20.1. The molecule has 0 amide bonds. The second-order valence-electron chi connectivity index (χ2n) is 6.04. The minimum Gasteiger partial charge on any atom is -0.305 e. The molecule has 0 bridgehead atoms. The molecule has 0 unspecified atom stereocenters. The van der Waals surface area contributed by atoms with E-state index in [0.29, 0.717) is 0 Å². The lowest BCUT2D eigenvalue weighted by molar-refractivity contribution is 0.187. The van der Waals surface area contributed by atoms with E-state index in [4.69, 9.17) is 0 Å². The van der Waals surface area contributed by atoms with E-state index in [1.807, 2.05) is 0 Å². The fourth-order valence-electron chi connectivity index (χ4n) is 3.40. The maximum atomic E-state index is 4.57. The largest absolute Gasteiger partial charge is 0.305 e. The van der Waals surface area contributed by atoms with Gasteiger partial charge < -0.3 is 10.3 Å². The number of rotatable bonds is 4. The lowest BCUT2D eigenvalue weighted by atomic mass is 9.88. The summed E-state index contributed by atoms with van der Waals surface area (Å²) >= 11 is 0. The smallest absolute Gasteiger partial charge is 0.0681 e. The first kappa shape index (κ1) is 13.6. The van der Waals surface area contributed by atoms with Crippen LogP contribution >= 0.6 is 0 Å². The fourth-order valence-corrected chi connectivity index (χ4v) is 3.40. The highest BCUT2D eigenvalue weighted by molar-refractivity contribution is 6.02. The first-order valence-electron chi connectivity index (χ1n) is 7.97. The number of nitrogens with zero attached hydrogens (tertiary/aromatic N) is 2. The molecule has 2 heterocycles. The van der Waals surface area contributed by atoms with Crippen LogP contribution in [0.4, 0.5) is 0 Å². The zero-order valence-electron chi connectivity index (χ0n) is 12.4. The highest BCUT2D eigenvalue weighted by atomic mass is 15.3. The standard InChI is InChI=1S/C17H25N3/c1-2-9-20-10-7-14(8-11-20)12-17-16-6-4-3-5-15(16)13-18-19-17/h3-6,14,18H,2,7-13H2,1H3. The molecular weight excluding hydrogens is 246 g/mol. The first-order valence-corrected chi connectivity index (χ1v) is 7.97. The molecule has 0 aliphatic carbocycles. The fraction of sp³-hybridized carbons (Fsp3) is 0.588. The molecule has 0 saturated carbocycles. The Labute approximate surface area is 122 Å². The monoisotopic (exact) mass is 271 g/mol. The van der Waals surface area contributed by atoms with Gasteiger partial charge in [-0.3, -0.25) is 0 Å². The molecule has 0 atom stereocenters. The molecule has 2 aliphatic rings. The van der Waals surface area contributed by atoms with E-state index in [-0.39, 0.29) is 0 Å². The van der Waals surface area contributed by atoms with Gasteiger partial charge in [-0.25, -0.2) is 0 Å². The number of benzene rings is 1. The van der Waals surface area contributed by atoms with Gasteiger partial charge in [-0.2, -0.15) is 5.10 Å².